The lowest BCUT2D eigenvalue weighted by Crippen LogP contribution is -2.42. The van der Waals surface area contributed by atoms with E-state index >= 15 is 0 Å². The third-order valence-corrected chi connectivity index (χ3v) is 7.30. The first kappa shape index (κ1) is 26.1. The number of aromatic nitrogens is 2. The van der Waals surface area contributed by atoms with Crippen LogP contribution in [-0.4, -0.2) is 47.1 Å². The highest BCUT2D eigenvalue weighted by atomic mass is 35.5. The van der Waals surface area contributed by atoms with Crippen LogP contribution in [0.3, 0.4) is 0 Å². The molecule has 0 bridgehead atoms. The molecular weight excluding hydrogens is 470 g/mol. The highest BCUT2D eigenvalue weighted by Gasteiger charge is 2.30. The monoisotopic (exact) mass is 505 g/mol. The number of benzene rings is 2. The first-order chi connectivity index (χ1) is 17.5. The van der Waals surface area contributed by atoms with Crippen molar-refractivity contribution in [2.75, 3.05) is 13.7 Å². The Bertz CT molecular complexity index is 1200. The highest BCUT2D eigenvalue weighted by molar-refractivity contribution is 6.33. The molecule has 2 heterocycles. The van der Waals surface area contributed by atoms with Gasteiger partial charge in [0, 0.05) is 37.3 Å². The van der Waals surface area contributed by atoms with Gasteiger partial charge in [-0.3, -0.25) is 10.3 Å². The topological polar surface area (TPSA) is 77.4 Å². The number of ether oxygens (including phenoxy) is 1. The molecule has 2 N–H and O–H groups in total. The van der Waals surface area contributed by atoms with Gasteiger partial charge in [0.15, 0.2) is 0 Å². The number of aryl methyl sites for hydroxylation is 2. The molecule has 1 unspecified atom stereocenters. The number of methoxy groups -OCH3 is 1. The number of rotatable bonds is 6. The number of aromatic amines is 1. The van der Waals surface area contributed by atoms with Crippen LogP contribution < -0.4 is 4.74 Å². The van der Waals surface area contributed by atoms with Gasteiger partial charge in [-0.2, -0.15) is 0 Å². The van der Waals surface area contributed by atoms with E-state index < -0.39 is 0 Å². The van der Waals surface area contributed by atoms with Crippen molar-refractivity contribution in [1.29, 1.82) is 5.41 Å². The van der Waals surface area contributed by atoms with Gasteiger partial charge in [-0.1, -0.05) is 43.1 Å². The molecule has 2 aromatic carbocycles. The maximum absolute atomic E-state index is 6.47. The summed E-state index contributed by atoms with van der Waals surface area (Å²) in [5.41, 5.74) is 7.38. The standard InChI is InChI=1S/C24H26ClN3O.C5H10N2/c1-15-6-9-18(20(25)12-15)24-26-21-10-11-28(14-22(21)27-24)17-8-7-16-4-3-5-23(29-2)19(16)13-17;1-2-3-4-7-5-6/h3-6,9,12,17H,7-8,10-11,13-14H2,1-2H3,(H,26,27);4-6H,2-3H2,1H3. The van der Waals surface area contributed by atoms with Gasteiger partial charge in [0.2, 0.25) is 0 Å². The number of imidazole rings is 1. The first-order valence-corrected chi connectivity index (χ1v) is 13.2. The predicted molar refractivity (Wildman–Crippen MR) is 149 cm³/mol. The van der Waals surface area contributed by atoms with Crippen molar-refractivity contribution in [3.8, 4) is 17.1 Å². The number of H-pyrrole nitrogens is 1. The fourth-order valence-corrected chi connectivity index (χ4v) is 5.39. The van der Waals surface area contributed by atoms with Gasteiger partial charge in [-0.15, -0.1) is 0 Å². The van der Waals surface area contributed by atoms with E-state index in [0.717, 1.165) is 79.3 Å². The molecule has 2 aliphatic rings. The molecule has 7 heteroatoms. The minimum Gasteiger partial charge on any atom is -0.496 e. The van der Waals surface area contributed by atoms with Gasteiger partial charge in [-0.25, -0.2) is 9.98 Å². The fraction of sp³-hybridized carbons (Fsp3) is 0.414. The number of hydrogen-bond acceptors (Lipinski definition) is 4. The summed E-state index contributed by atoms with van der Waals surface area (Å²) in [5.74, 6) is 1.92. The Labute approximate surface area is 219 Å². The van der Waals surface area contributed by atoms with Crippen molar-refractivity contribution in [1.82, 2.24) is 14.9 Å². The van der Waals surface area contributed by atoms with Gasteiger partial charge >= 0.3 is 0 Å². The zero-order valence-electron chi connectivity index (χ0n) is 21.5. The van der Waals surface area contributed by atoms with Crippen molar-refractivity contribution in [2.24, 2.45) is 4.99 Å². The van der Waals surface area contributed by atoms with Crippen molar-refractivity contribution in [3.05, 3.63) is 69.5 Å². The summed E-state index contributed by atoms with van der Waals surface area (Å²) >= 11 is 6.47. The number of halogens is 1. The van der Waals surface area contributed by atoms with Gasteiger partial charge < -0.3 is 9.72 Å². The molecule has 3 aromatic rings. The van der Waals surface area contributed by atoms with Crippen molar-refractivity contribution >= 4 is 24.2 Å². The average Bonchev–Trinajstić information content (AvgIpc) is 3.32. The van der Waals surface area contributed by atoms with Gasteiger partial charge in [0.05, 0.1) is 23.5 Å². The maximum Gasteiger partial charge on any atom is 0.139 e. The highest BCUT2D eigenvalue weighted by Crippen LogP contribution is 2.34. The zero-order chi connectivity index (χ0) is 25.5. The summed E-state index contributed by atoms with van der Waals surface area (Å²) in [7, 11) is 1.77. The molecule has 190 valence electrons. The minimum absolute atomic E-state index is 0.543. The second kappa shape index (κ2) is 12.3. The van der Waals surface area contributed by atoms with Gasteiger partial charge in [-0.05, 0) is 67.5 Å². The van der Waals surface area contributed by atoms with E-state index in [0.29, 0.717) is 6.04 Å². The Morgan fingerprint density at radius 2 is 2.14 bits per heavy atom. The Morgan fingerprint density at radius 3 is 2.89 bits per heavy atom. The van der Waals surface area contributed by atoms with Crippen molar-refractivity contribution in [3.63, 3.8) is 0 Å². The van der Waals surface area contributed by atoms with E-state index in [9.17, 15) is 0 Å². The molecule has 0 spiro atoms. The Hall–Kier alpha value is -2.96. The summed E-state index contributed by atoms with van der Waals surface area (Å²) in [6.07, 6.45) is 9.23. The molecule has 0 amide bonds. The fourth-order valence-electron chi connectivity index (χ4n) is 5.06. The van der Waals surface area contributed by atoms with Crippen LogP contribution in [0.4, 0.5) is 0 Å². The Balaban J connectivity index is 0.000000384. The number of unbranched alkanes of at least 4 members (excludes halogenated alkanes) is 1. The zero-order valence-corrected chi connectivity index (χ0v) is 22.2. The SMILES string of the molecule is CCCC=NC=N.COc1cccc2c1CC(N1CCc3nc(-c4ccc(C)cc4Cl)[nH]c3C1)CC2. The second-order valence-electron chi connectivity index (χ2n) is 9.46. The van der Waals surface area contributed by atoms with Crippen LogP contribution in [0, 0.1) is 12.3 Å². The minimum atomic E-state index is 0.543. The van der Waals surface area contributed by atoms with E-state index in [4.69, 9.17) is 26.7 Å². The average molecular weight is 506 g/mol. The van der Waals surface area contributed by atoms with Crippen LogP contribution in [-0.2, 0) is 25.8 Å². The predicted octanol–water partition coefficient (Wildman–Crippen LogP) is 6.43. The van der Waals surface area contributed by atoms with E-state index in [-0.39, 0.29) is 0 Å². The molecule has 0 saturated carbocycles. The largest absolute Gasteiger partial charge is 0.496 e. The van der Waals surface area contributed by atoms with Crippen molar-refractivity contribution < 1.29 is 4.74 Å². The molecular formula is C29H36ClN5O. The van der Waals surface area contributed by atoms with Gasteiger partial charge in [0.25, 0.3) is 0 Å². The van der Waals surface area contributed by atoms with E-state index in [1.165, 1.54) is 28.9 Å². The molecule has 0 fully saturated rings. The number of fused-ring (bicyclic) bond motifs is 2. The quantitative estimate of drug-likeness (QED) is 0.299. The molecule has 0 radical (unpaired) electrons. The summed E-state index contributed by atoms with van der Waals surface area (Å²) in [4.78, 5) is 14.6. The third kappa shape index (κ3) is 6.05. The summed E-state index contributed by atoms with van der Waals surface area (Å²) in [6.45, 7) is 6.10. The molecule has 1 aliphatic carbocycles. The normalized spacial score (nSPS) is 17.2. The van der Waals surface area contributed by atoms with Crippen LogP contribution in [0.2, 0.25) is 5.02 Å². The molecule has 1 atom stereocenters. The Kier molecular flexibility index (Phi) is 8.94. The number of hydrogen-bond donors (Lipinski definition) is 2. The van der Waals surface area contributed by atoms with Crippen LogP contribution in [0.5, 0.6) is 5.75 Å². The van der Waals surface area contributed by atoms with E-state index in [1.54, 1.807) is 13.3 Å². The smallest absolute Gasteiger partial charge is 0.139 e. The second-order valence-corrected chi connectivity index (χ2v) is 9.87. The maximum atomic E-state index is 6.47. The molecule has 5 rings (SSSR count). The lowest BCUT2D eigenvalue weighted by atomic mass is 9.86. The van der Waals surface area contributed by atoms with Gasteiger partial charge in [0.1, 0.15) is 17.9 Å². The van der Waals surface area contributed by atoms with E-state index in [1.807, 2.05) is 6.07 Å². The van der Waals surface area contributed by atoms with Crippen LogP contribution in [0.25, 0.3) is 11.4 Å². The van der Waals surface area contributed by atoms with Crippen LogP contribution >= 0.6 is 11.6 Å². The van der Waals surface area contributed by atoms with Crippen LogP contribution in [0.1, 0.15) is 54.3 Å². The molecule has 1 aliphatic heterocycles. The summed E-state index contributed by atoms with van der Waals surface area (Å²) in [5, 5.41) is 7.21. The molecule has 6 nitrogen and oxygen atoms in total. The molecule has 1 aromatic heterocycles. The van der Waals surface area contributed by atoms with Crippen molar-refractivity contribution in [2.45, 2.75) is 65.0 Å². The number of nitrogens with one attached hydrogen (secondary N) is 2. The van der Waals surface area contributed by atoms with E-state index in [2.05, 4.69) is 59.1 Å². The third-order valence-electron chi connectivity index (χ3n) is 6.99. The summed E-state index contributed by atoms with van der Waals surface area (Å²) < 4.78 is 5.63. The molecule has 0 saturated heterocycles. The summed E-state index contributed by atoms with van der Waals surface area (Å²) in [6, 6.07) is 13.1. The lowest BCUT2D eigenvalue weighted by Gasteiger charge is -2.37. The van der Waals surface area contributed by atoms with Crippen LogP contribution in [0.15, 0.2) is 41.4 Å². The Morgan fingerprint density at radius 1 is 1.28 bits per heavy atom. The number of nitrogens with zero attached hydrogens (tertiary/aromatic N) is 3. The lowest BCUT2D eigenvalue weighted by molar-refractivity contribution is 0.159. The molecule has 36 heavy (non-hydrogen) atoms. The number of aliphatic imine (C=N–C) groups is 1. The first-order valence-electron chi connectivity index (χ1n) is 12.8.